The first-order chi connectivity index (χ1) is 10.1. The van der Waals surface area contributed by atoms with Gasteiger partial charge in [-0.15, -0.1) is 0 Å². The highest BCUT2D eigenvalue weighted by molar-refractivity contribution is 6.42. The summed E-state index contributed by atoms with van der Waals surface area (Å²) in [7, 11) is 0. The summed E-state index contributed by atoms with van der Waals surface area (Å²) in [5.41, 5.74) is 0.329. The van der Waals surface area contributed by atoms with Gasteiger partial charge in [0.05, 0.1) is 15.7 Å². The molecule has 0 aliphatic carbocycles. The summed E-state index contributed by atoms with van der Waals surface area (Å²) >= 11 is 11.6. The number of nitrogens with one attached hydrogen (secondary N) is 2. The number of benzene rings is 1. The van der Waals surface area contributed by atoms with Crippen molar-refractivity contribution >= 4 is 23.2 Å². The number of aromatic amines is 1. The standard InChI is InChI=1S/C9H7Cl2N3O.C5H11N/c1-5-12-9(15)13-14(5)6-2-3-7(10)8(11)4-6;1-2-4-6-5-3-1/h2-4H,1H3,(H,13,15);6H,1-5H2. The maximum Gasteiger partial charge on any atom is 0.361 e. The molecule has 1 aromatic heterocycles. The zero-order valence-electron chi connectivity index (χ0n) is 11.8. The van der Waals surface area contributed by atoms with Crippen LogP contribution in [0.3, 0.4) is 0 Å². The fraction of sp³-hybridized carbons (Fsp3) is 0.429. The molecule has 2 aromatic rings. The molecule has 1 saturated heterocycles. The molecule has 0 atom stereocenters. The Balaban J connectivity index is 0.000000225. The first-order valence-corrected chi connectivity index (χ1v) is 7.65. The van der Waals surface area contributed by atoms with E-state index in [9.17, 15) is 4.79 Å². The lowest BCUT2D eigenvalue weighted by Crippen LogP contribution is -2.21. The number of rotatable bonds is 1. The summed E-state index contributed by atoms with van der Waals surface area (Å²) in [6, 6.07) is 5.07. The Labute approximate surface area is 133 Å². The van der Waals surface area contributed by atoms with E-state index in [-0.39, 0.29) is 0 Å². The zero-order chi connectivity index (χ0) is 15.2. The van der Waals surface area contributed by atoms with Crippen LogP contribution in [0.15, 0.2) is 23.0 Å². The van der Waals surface area contributed by atoms with Crippen molar-refractivity contribution in [3.05, 3.63) is 44.6 Å². The highest BCUT2D eigenvalue weighted by Crippen LogP contribution is 2.24. The van der Waals surface area contributed by atoms with Crippen molar-refractivity contribution in [2.45, 2.75) is 26.2 Å². The fourth-order valence-electron chi connectivity index (χ4n) is 2.08. The Hall–Kier alpha value is -1.30. The quantitative estimate of drug-likeness (QED) is 0.846. The molecule has 114 valence electrons. The van der Waals surface area contributed by atoms with Gasteiger partial charge < -0.3 is 5.32 Å². The van der Waals surface area contributed by atoms with Gasteiger partial charge in [-0.05, 0) is 51.1 Å². The third-order valence-corrected chi connectivity index (χ3v) is 3.90. The topological polar surface area (TPSA) is 62.7 Å². The van der Waals surface area contributed by atoms with Crippen molar-refractivity contribution in [1.82, 2.24) is 20.1 Å². The van der Waals surface area contributed by atoms with Gasteiger partial charge in [0.2, 0.25) is 0 Å². The van der Waals surface area contributed by atoms with Crippen LogP contribution in [0.4, 0.5) is 0 Å². The Morgan fingerprint density at radius 3 is 2.29 bits per heavy atom. The van der Waals surface area contributed by atoms with E-state index in [1.165, 1.54) is 32.4 Å². The zero-order valence-corrected chi connectivity index (χ0v) is 13.3. The van der Waals surface area contributed by atoms with Crippen LogP contribution in [-0.4, -0.2) is 27.9 Å². The van der Waals surface area contributed by atoms with E-state index in [0.717, 1.165) is 5.69 Å². The number of hydrogen-bond donors (Lipinski definition) is 2. The smallest absolute Gasteiger partial charge is 0.317 e. The van der Waals surface area contributed by atoms with E-state index >= 15 is 0 Å². The van der Waals surface area contributed by atoms with Crippen LogP contribution < -0.4 is 11.0 Å². The van der Waals surface area contributed by atoms with Gasteiger partial charge in [0.25, 0.3) is 0 Å². The number of piperidine rings is 1. The fourth-order valence-corrected chi connectivity index (χ4v) is 2.37. The van der Waals surface area contributed by atoms with Gasteiger partial charge in [0, 0.05) is 0 Å². The minimum Gasteiger partial charge on any atom is -0.317 e. The SMILES string of the molecule is C1CCNCC1.Cc1nc(=O)[nH]n1-c1ccc(Cl)c(Cl)c1. The summed E-state index contributed by atoms with van der Waals surface area (Å²) in [6.45, 7) is 4.22. The summed E-state index contributed by atoms with van der Waals surface area (Å²) in [5.74, 6) is 0.568. The molecule has 2 N–H and O–H groups in total. The monoisotopic (exact) mass is 328 g/mol. The first-order valence-electron chi connectivity index (χ1n) is 6.90. The van der Waals surface area contributed by atoms with Gasteiger partial charge in [-0.2, -0.15) is 4.98 Å². The van der Waals surface area contributed by atoms with Gasteiger partial charge >= 0.3 is 5.69 Å². The molecule has 1 aliphatic rings. The van der Waals surface area contributed by atoms with Crippen LogP contribution in [0.1, 0.15) is 25.1 Å². The highest BCUT2D eigenvalue weighted by atomic mass is 35.5. The minimum atomic E-state index is -0.390. The molecule has 1 aliphatic heterocycles. The molecule has 0 unspecified atom stereocenters. The number of aryl methyl sites for hydroxylation is 1. The average molecular weight is 329 g/mol. The van der Waals surface area contributed by atoms with Gasteiger partial charge in [0.15, 0.2) is 0 Å². The van der Waals surface area contributed by atoms with Gasteiger partial charge in [-0.25, -0.2) is 14.6 Å². The van der Waals surface area contributed by atoms with Crippen molar-refractivity contribution in [3.8, 4) is 5.69 Å². The van der Waals surface area contributed by atoms with Crippen molar-refractivity contribution in [2.75, 3.05) is 13.1 Å². The van der Waals surface area contributed by atoms with Crippen molar-refractivity contribution in [1.29, 1.82) is 0 Å². The van der Waals surface area contributed by atoms with Gasteiger partial charge in [-0.1, -0.05) is 29.6 Å². The van der Waals surface area contributed by atoms with Gasteiger partial charge in [0.1, 0.15) is 5.82 Å². The van der Waals surface area contributed by atoms with E-state index in [1.54, 1.807) is 29.8 Å². The number of hydrogen-bond acceptors (Lipinski definition) is 3. The predicted octanol–water partition coefficient (Wildman–Crippen LogP) is 2.94. The summed E-state index contributed by atoms with van der Waals surface area (Å²) in [5, 5.41) is 6.75. The molecule has 0 bridgehead atoms. The lowest BCUT2D eigenvalue weighted by molar-refractivity contribution is 0.520. The van der Waals surface area contributed by atoms with E-state index in [1.807, 2.05) is 0 Å². The Morgan fingerprint density at radius 2 is 1.86 bits per heavy atom. The second-order valence-electron chi connectivity index (χ2n) is 4.82. The van der Waals surface area contributed by atoms with E-state index in [2.05, 4.69) is 15.4 Å². The normalized spacial score (nSPS) is 14.4. The summed E-state index contributed by atoms with van der Waals surface area (Å²) < 4.78 is 1.55. The Kier molecular flexibility index (Phi) is 5.85. The molecule has 0 saturated carbocycles. The third kappa shape index (κ3) is 4.59. The molecular formula is C14H18Cl2N4O. The maximum atomic E-state index is 11.0. The van der Waals surface area contributed by atoms with Crippen LogP contribution in [0.25, 0.3) is 5.69 Å². The number of aromatic nitrogens is 3. The predicted molar refractivity (Wildman–Crippen MR) is 85.7 cm³/mol. The van der Waals surface area contributed by atoms with Crippen molar-refractivity contribution < 1.29 is 0 Å². The van der Waals surface area contributed by atoms with Crippen LogP contribution >= 0.6 is 23.2 Å². The van der Waals surface area contributed by atoms with Crippen LogP contribution in [0, 0.1) is 6.92 Å². The molecule has 3 rings (SSSR count). The van der Waals surface area contributed by atoms with Crippen LogP contribution in [0.2, 0.25) is 10.0 Å². The molecule has 5 nitrogen and oxygen atoms in total. The van der Waals surface area contributed by atoms with E-state index in [0.29, 0.717) is 15.9 Å². The lowest BCUT2D eigenvalue weighted by Gasteiger charge is -2.08. The summed E-state index contributed by atoms with van der Waals surface area (Å²) in [6.07, 6.45) is 4.22. The Morgan fingerprint density at radius 1 is 1.14 bits per heavy atom. The van der Waals surface area contributed by atoms with E-state index in [4.69, 9.17) is 23.2 Å². The van der Waals surface area contributed by atoms with E-state index < -0.39 is 5.69 Å². The largest absolute Gasteiger partial charge is 0.361 e. The first kappa shape index (κ1) is 16.1. The maximum absolute atomic E-state index is 11.0. The van der Waals surface area contributed by atoms with Crippen molar-refractivity contribution in [3.63, 3.8) is 0 Å². The molecule has 0 spiro atoms. The molecule has 21 heavy (non-hydrogen) atoms. The molecule has 1 fully saturated rings. The number of nitrogens with zero attached hydrogens (tertiary/aromatic N) is 2. The lowest BCUT2D eigenvalue weighted by atomic mass is 10.2. The molecule has 2 heterocycles. The van der Waals surface area contributed by atoms with Gasteiger partial charge in [-0.3, -0.25) is 0 Å². The van der Waals surface area contributed by atoms with Crippen LogP contribution in [-0.2, 0) is 0 Å². The highest BCUT2D eigenvalue weighted by Gasteiger charge is 2.05. The molecule has 1 aromatic carbocycles. The number of H-pyrrole nitrogens is 1. The summed E-state index contributed by atoms with van der Waals surface area (Å²) in [4.78, 5) is 14.7. The second kappa shape index (κ2) is 7.64. The molecular weight excluding hydrogens is 311 g/mol. The second-order valence-corrected chi connectivity index (χ2v) is 5.63. The van der Waals surface area contributed by atoms with Crippen LogP contribution in [0.5, 0.6) is 0 Å². The molecule has 7 heteroatoms. The molecule has 0 amide bonds. The third-order valence-electron chi connectivity index (χ3n) is 3.16. The average Bonchev–Trinajstić information content (AvgIpc) is 2.83. The Bertz CT molecular complexity index is 635. The van der Waals surface area contributed by atoms with Crippen molar-refractivity contribution in [2.24, 2.45) is 0 Å². The molecule has 0 radical (unpaired) electrons. The minimum absolute atomic E-state index is 0.390. The number of halogens is 2.